The number of nitrogens with two attached hydrogens (primary N) is 1. The Morgan fingerprint density at radius 2 is 2.04 bits per heavy atom. The highest BCUT2D eigenvalue weighted by molar-refractivity contribution is 5.93. The van der Waals surface area contributed by atoms with Crippen molar-refractivity contribution in [3.63, 3.8) is 0 Å². The van der Waals surface area contributed by atoms with Gasteiger partial charge in [0.05, 0.1) is 12.1 Å². The number of carbonyl (C=O) groups excluding carboxylic acids is 1. The van der Waals surface area contributed by atoms with Crippen LogP contribution in [0, 0.1) is 5.92 Å². The normalized spacial score (nSPS) is 15.6. The molecule has 134 valence electrons. The van der Waals surface area contributed by atoms with Crippen LogP contribution < -0.4 is 11.1 Å². The van der Waals surface area contributed by atoms with Crippen molar-refractivity contribution in [2.75, 3.05) is 26.2 Å². The Bertz CT molecular complexity index is 446. The van der Waals surface area contributed by atoms with Gasteiger partial charge in [0.1, 0.15) is 12.0 Å². The lowest BCUT2D eigenvalue weighted by atomic mass is 9.99. The molecule has 1 amide bonds. The quantitative estimate of drug-likeness (QED) is 0.728. The Morgan fingerprint density at radius 3 is 2.65 bits per heavy atom. The molecular weight excluding hydrogens is 337 g/mol. The number of carbonyl (C=O) groups is 1. The summed E-state index contributed by atoms with van der Waals surface area (Å²) in [7, 11) is 0. The summed E-state index contributed by atoms with van der Waals surface area (Å²) >= 11 is 0. The zero-order chi connectivity index (χ0) is 15.1. The first kappa shape index (κ1) is 22.2. The molecule has 23 heavy (non-hydrogen) atoms. The summed E-state index contributed by atoms with van der Waals surface area (Å²) < 4.78 is 5.16. The van der Waals surface area contributed by atoms with Gasteiger partial charge in [0.15, 0.2) is 0 Å². The molecule has 2 heterocycles. The largest absolute Gasteiger partial charge is 0.467 e. The summed E-state index contributed by atoms with van der Waals surface area (Å²) in [5, 5.41) is 2.92. The van der Waals surface area contributed by atoms with Crippen molar-refractivity contribution in [3.05, 3.63) is 23.7 Å². The third-order valence-corrected chi connectivity index (χ3v) is 4.18. The van der Waals surface area contributed by atoms with Crippen LogP contribution in [0.4, 0.5) is 0 Å². The Kier molecular flexibility index (Phi) is 11.4. The third kappa shape index (κ3) is 7.57. The first-order chi connectivity index (χ1) is 10.2. The van der Waals surface area contributed by atoms with Gasteiger partial charge in [0, 0.05) is 6.54 Å². The number of piperidine rings is 1. The summed E-state index contributed by atoms with van der Waals surface area (Å²) in [6.07, 6.45) is 6.25. The number of hydrogen-bond donors (Lipinski definition) is 2. The molecule has 0 radical (unpaired) electrons. The SMILES string of the molecule is CC1CCN(CCCCNC(=O)c2coc(CN)c2)CC1.Cl.Cl. The van der Waals surface area contributed by atoms with Gasteiger partial charge in [-0.2, -0.15) is 0 Å². The smallest absolute Gasteiger partial charge is 0.254 e. The maximum absolute atomic E-state index is 11.9. The molecule has 7 heteroatoms. The van der Waals surface area contributed by atoms with E-state index in [2.05, 4.69) is 17.1 Å². The molecule has 2 rings (SSSR count). The monoisotopic (exact) mass is 365 g/mol. The maximum Gasteiger partial charge on any atom is 0.254 e. The lowest BCUT2D eigenvalue weighted by Crippen LogP contribution is -2.34. The Hall–Kier alpha value is -0.750. The minimum absolute atomic E-state index is 0. The van der Waals surface area contributed by atoms with Crippen molar-refractivity contribution in [2.24, 2.45) is 11.7 Å². The fourth-order valence-corrected chi connectivity index (χ4v) is 2.66. The molecule has 1 aromatic rings. The van der Waals surface area contributed by atoms with Crippen LogP contribution in [0.15, 0.2) is 16.7 Å². The standard InChI is InChI=1S/C16H27N3O2.2ClH/c1-13-4-8-19(9-5-13)7-3-2-6-18-16(20)14-10-15(11-17)21-12-14;;/h10,12-13H,2-9,11,17H2,1H3,(H,18,20);2*1H. The molecule has 0 bridgehead atoms. The highest BCUT2D eigenvalue weighted by atomic mass is 35.5. The van der Waals surface area contributed by atoms with Crippen molar-refractivity contribution in [2.45, 2.75) is 39.2 Å². The topological polar surface area (TPSA) is 71.5 Å². The second kappa shape index (κ2) is 11.7. The molecule has 1 aliphatic heterocycles. The Morgan fingerprint density at radius 1 is 1.35 bits per heavy atom. The van der Waals surface area contributed by atoms with Gasteiger partial charge in [-0.1, -0.05) is 6.92 Å². The summed E-state index contributed by atoms with van der Waals surface area (Å²) in [6.45, 7) is 6.97. The lowest BCUT2D eigenvalue weighted by Gasteiger charge is -2.30. The molecule has 1 saturated heterocycles. The van der Waals surface area contributed by atoms with E-state index in [9.17, 15) is 4.79 Å². The van der Waals surface area contributed by atoms with Crippen LogP contribution in [0.5, 0.6) is 0 Å². The van der Waals surface area contributed by atoms with E-state index >= 15 is 0 Å². The average molecular weight is 366 g/mol. The number of rotatable bonds is 7. The van der Waals surface area contributed by atoms with E-state index in [0.717, 1.165) is 25.3 Å². The molecule has 0 atom stereocenters. The first-order valence-corrected chi connectivity index (χ1v) is 7.97. The van der Waals surface area contributed by atoms with E-state index in [0.29, 0.717) is 24.4 Å². The number of nitrogens with zero attached hydrogens (tertiary/aromatic N) is 1. The van der Waals surface area contributed by atoms with Gasteiger partial charge in [-0.3, -0.25) is 4.79 Å². The molecule has 0 spiro atoms. The van der Waals surface area contributed by atoms with Gasteiger partial charge < -0.3 is 20.4 Å². The lowest BCUT2D eigenvalue weighted by molar-refractivity contribution is 0.0951. The van der Waals surface area contributed by atoms with Crippen molar-refractivity contribution in [1.29, 1.82) is 0 Å². The first-order valence-electron chi connectivity index (χ1n) is 7.97. The predicted molar refractivity (Wildman–Crippen MR) is 97.5 cm³/mol. The fraction of sp³-hybridized carbons (Fsp3) is 0.688. The highest BCUT2D eigenvalue weighted by Gasteiger charge is 2.14. The zero-order valence-corrected chi connectivity index (χ0v) is 15.4. The van der Waals surface area contributed by atoms with Gasteiger partial charge in [-0.25, -0.2) is 0 Å². The summed E-state index contributed by atoms with van der Waals surface area (Å²) in [4.78, 5) is 14.4. The van der Waals surface area contributed by atoms with Gasteiger partial charge in [-0.15, -0.1) is 24.8 Å². The number of nitrogens with one attached hydrogen (secondary N) is 1. The predicted octanol–water partition coefficient (Wildman–Crippen LogP) is 2.82. The molecule has 0 saturated carbocycles. The van der Waals surface area contributed by atoms with Crippen LogP contribution in [0.3, 0.4) is 0 Å². The number of likely N-dealkylation sites (tertiary alicyclic amines) is 1. The van der Waals surface area contributed by atoms with Crippen LogP contribution in [-0.2, 0) is 6.54 Å². The third-order valence-electron chi connectivity index (χ3n) is 4.18. The molecule has 1 aromatic heterocycles. The number of hydrogen-bond acceptors (Lipinski definition) is 4. The number of amides is 1. The van der Waals surface area contributed by atoms with Gasteiger partial charge in [-0.05, 0) is 57.3 Å². The Balaban J connectivity index is 0.00000242. The molecule has 3 N–H and O–H groups in total. The second-order valence-corrected chi connectivity index (χ2v) is 5.99. The van der Waals surface area contributed by atoms with E-state index < -0.39 is 0 Å². The second-order valence-electron chi connectivity index (χ2n) is 5.99. The maximum atomic E-state index is 11.9. The number of unbranched alkanes of at least 4 members (excludes halogenated alkanes) is 1. The van der Waals surface area contributed by atoms with Gasteiger partial charge in [0.25, 0.3) is 5.91 Å². The molecule has 0 unspecified atom stereocenters. The molecule has 1 aliphatic rings. The van der Waals surface area contributed by atoms with Crippen LogP contribution in [0.2, 0.25) is 0 Å². The van der Waals surface area contributed by atoms with E-state index in [1.807, 2.05) is 0 Å². The molecular formula is C16H29Cl2N3O2. The van der Waals surface area contributed by atoms with Crippen LogP contribution >= 0.6 is 24.8 Å². The minimum Gasteiger partial charge on any atom is -0.467 e. The summed E-state index contributed by atoms with van der Waals surface area (Å²) in [6, 6.07) is 1.70. The summed E-state index contributed by atoms with van der Waals surface area (Å²) in [5.41, 5.74) is 6.01. The van der Waals surface area contributed by atoms with Crippen molar-refractivity contribution >= 4 is 30.7 Å². The van der Waals surface area contributed by atoms with E-state index in [4.69, 9.17) is 10.2 Å². The zero-order valence-electron chi connectivity index (χ0n) is 13.8. The van der Waals surface area contributed by atoms with Gasteiger partial charge in [0.2, 0.25) is 0 Å². The van der Waals surface area contributed by atoms with Crippen LogP contribution in [0.25, 0.3) is 0 Å². The molecule has 1 fully saturated rings. The minimum atomic E-state index is -0.0785. The Labute approximate surface area is 151 Å². The van der Waals surface area contributed by atoms with E-state index in [1.165, 1.54) is 32.2 Å². The molecule has 0 aliphatic carbocycles. The van der Waals surface area contributed by atoms with Crippen molar-refractivity contribution in [3.8, 4) is 0 Å². The van der Waals surface area contributed by atoms with Crippen LogP contribution in [-0.4, -0.2) is 37.0 Å². The van der Waals surface area contributed by atoms with Crippen molar-refractivity contribution < 1.29 is 9.21 Å². The number of halogens is 2. The molecule has 5 nitrogen and oxygen atoms in total. The number of furan rings is 1. The highest BCUT2D eigenvalue weighted by Crippen LogP contribution is 2.16. The van der Waals surface area contributed by atoms with Crippen molar-refractivity contribution in [1.82, 2.24) is 10.2 Å². The van der Waals surface area contributed by atoms with E-state index in [-0.39, 0.29) is 30.7 Å². The summed E-state index contributed by atoms with van der Waals surface area (Å²) in [5.74, 6) is 1.44. The molecule has 0 aromatic carbocycles. The average Bonchev–Trinajstić information content (AvgIpc) is 2.98. The van der Waals surface area contributed by atoms with Gasteiger partial charge >= 0.3 is 0 Å². The van der Waals surface area contributed by atoms with Crippen LogP contribution in [0.1, 0.15) is 48.7 Å². The fourth-order valence-electron chi connectivity index (χ4n) is 2.66. The van der Waals surface area contributed by atoms with E-state index in [1.54, 1.807) is 6.07 Å².